The number of benzene rings is 2. The first-order valence-electron chi connectivity index (χ1n) is 10.1. The number of hydrogen-bond acceptors (Lipinski definition) is 8. The lowest BCUT2D eigenvalue weighted by Crippen LogP contribution is -2.20. The van der Waals surface area contributed by atoms with Crippen LogP contribution >= 0.6 is 11.8 Å². The van der Waals surface area contributed by atoms with Crippen LogP contribution in [0.15, 0.2) is 83.3 Å². The van der Waals surface area contributed by atoms with Crippen LogP contribution in [0, 0.1) is 17.0 Å². The van der Waals surface area contributed by atoms with Gasteiger partial charge in [-0.2, -0.15) is 5.10 Å². The van der Waals surface area contributed by atoms with Crippen LogP contribution in [0.5, 0.6) is 0 Å². The third-order valence-corrected chi connectivity index (χ3v) is 5.65. The van der Waals surface area contributed by atoms with Crippen LogP contribution in [0.4, 0.5) is 5.69 Å². The summed E-state index contributed by atoms with van der Waals surface area (Å²) in [5.41, 5.74) is 5.41. The molecular formula is C23H19N7O3S. The van der Waals surface area contributed by atoms with Crippen molar-refractivity contribution in [1.29, 1.82) is 0 Å². The van der Waals surface area contributed by atoms with Crippen molar-refractivity contribution in [2.24, 2.45) is 5.10 Å². The van der Waals surface area contributed by atoms with Gasteiger partial charge in [-0.15, -0.1) is 10.2 Å². The molecule has 0 aliphatic heterocycles. The number of aryl methyl sites for hydroxylation is 1. The van der Waals surface area contributed by atoms with E-state index in [4.69, 9.17) is 0 Å². The van der Waals surface area contributed by atoms with E-state index < -0.39 is 4.92 Å². The van der Waals surface area contributed by atoms with Gasteiger partial charge in [-0.05, 0) is 37.3 Å². The third kappa shape index (κ3) is 5.33. The minimum atomic E-state index is -0.503. The van der Waals surface area contributed by atoms with Crippen molar-refractivity contribution < 1.29 is 9.72 Å². The highest BCUT2D eigenvalue weighted by molar-refractivity contribution is 7.99. The minimum absolute atomic E-state index is 0.0224. The largest absolute Gasteiger partial charge is 0.278 e. The number of amides is 1. The van der Waals surface area contributed by atoms with E-state index in [0.29, 0.717) is 16.5 Å². The lowest BCUT2D eigenvalue weighted by Gasteiger charge is -2.10. The maximum Gasteiger partial charge on any atom is 0.278 e. The molecule has 4 aromatic rings. The van der Waals surface area contributed by atoms with Crippen molar-refractivity contribution in [2.75, 3.05) is 5.75 Å². The van der Waals surface area contributed by atoms with Crippen molar-refractivity contribution in [3.63, 3.8) is 0 Å². The van der Waals surface area contributed by atoms with E-state index in [1.54, 1.807) is 30.6 Å². The Morgan fingerprint density at radius 1 is 1.12 bits per heavy atom. The van der Waals surface area contributed by atoms with Gasteiger partial charge in [-0.1, -0.05) is 41.6 Å². The summed E-state index contributed by atoms with van der Waals surface area (Å²) in [5, 5.41) is 24.1. The van der Waals surface area contributed by atoms with Crippen molar-refractivity contribution in [3.05, 3.63) is 94.3 Å². The SMILES string of the molecule is Cc1ccc(-n2c(SCC(=O)N/N=C\c3ccccc3[N+](=O)[O-])nnc2-c2ccncc2)cc1. The Kier molecular flexibility index (Phi) is 7.04. The number of hydrogen-bond donors (Lipinski definition) is 1. The molecule has 0 radical (unpaired) electrons. The number of nitro groups is 1. The predicted molar refractivity (Wildman–Crippen MR) is 129 cm³/mol. The zero-order valence-electron chi connectivity index (χ0n) is 18.0. The molecule has 0 saturated heterocycles. The fraction of sp³-hybridized carbons (Fsp3) is 0.0870. The summed E-state index contributed by atoms with van der Waals surface area (Å²) in [6, 6.07) is 17.7. The van der Waals surface area contributed by atoms with Gasteiger partial charge < -0.3 is 0 Å². The molecule has 0 spiro atoms. The fourth-order valence-electron chi connectivity index (χ4n) is 3.08. The molecule has 0 aliphatic rings. The standard InChI is InChI=1S/C23H19N7O3S/c1-16-6-8-19(9-7-16)29-22(17-10-12-24-13-11-17)27-28-23(29)34-15-21(31)26-25-14-18-4-2-3-5-20(18)30(32)33/h2-14H,15H2,1H3,(H,26,31)/b25-14-. The van der Waals surface area contributed by atoms with Crippen LogP contribution in [-0.4, -0.2) is 42.5 Å². The topological polar surface area (TPSA) is 128 Å². The fourth-order valence-corrected chi connectivity index (χ4v) is 3.82. The number of pyridine rings is 1. The number of nitro benzene ring substituents is 1. The van der Waals surface area contributed by atoms with Crippen LogP contribution < -0.4 is 5.43 Å². The monoisotopic (exact) mass is 473 g/mol. The Labute approximate surface area is 198 Å². The molecule has 11 heteroatoms. The summed E-state index contributed by atoms with van der Waals surface area (Å²) in [5.74, 6) is 0.265. The van der Waals surface area contributed by atoms with Crippen molar-refractivity contribution in [2.45, 2.75) is 12.1 Å². The predicted octanol–water partition coefficient (Wildman–Crippen LogP) is 3.79. The van der Waals surface area contributed by atoms with E-state index in [1.165, 1.54) is 24.0 Å². The summed E-state index contributed by atoms with van der Waals surface area (Å²) in [6.07, 6.45) is 4.61. The van der Waals surface area contributed by atoms with E-state index in [1.807, 2.05) is 47.9 Å². The highest BCUT2D eigenvalue weighted by Gasteiger charge is 2.17. The molecule has 2 aromatic heterocycles. The maximum absolute atomic E-state index is 12.3. The van der Waals surface area contributed by atoms with E-state index >= 15 is 0 Å². The number of thioether (sulfide) groups is 1. The Morgan fingerprint density at radius 3 is 2.59 bits per heavy atom. The van der Waals surface area contributed by atoms with Crippen LogP contribution in [0.3, 0.4) is 0 Å². The summed E-state index contributed by atoms with van der Waals surface area (Å²) < 4.78 is 1.88. The van der Waals surface area contributed by atoms with Crippen LogP contribution in [0.1, 0.15) is 11.1 Å². The van der Waals surface area contributed by atoms with Gasteiger partial charge in [0.2, 0.25) is 0 Å². The summed E-state index contributed by atoms with van der Waals surface area (Å²) >= 11 is 1.20. The average Bonchev–Trinajstić information content (AvgIpc) is 3.28. The molecule has 2 aromatic carbocycles. The molecule has 170 valence electrons. The minimum Gasteiger partial charge on any atom is -0.272 e. The van der Waals surface area contributed by atoms with Gasteiger partial charge in [-0.3, -0.25) is 24.5 Å². The number of carbonyl (C=O) groups excluding carboxylic acids is 1. The van der Waals surface area contributed by atoms with Gasteiger partial charge in [-0.25, -0.2) is 5.43 Å². The average molecular weight is 474 g/mol. The molecular weight excluding hydrogens is 454 g/mol. The number of aromatic nitrogens is 4. The highest BCUT2D eigenvalue weighted by atomic mass is 32.2. The summed E-state index contributed by atoms with van der Waals surface area (Å²) in [6.45, 7) is 2.00. The van der Waals surface area contributed by atoms with E-state index in [-0.39, 0.29) is 17.3 Å². The van der Waals surface area contributed by atoms with Crippen LogP contribution in [-0.2, 0) is 4.79 Å². The second-order valence-electron chi connectivity index (χ2n) is 7.11. The Hall–Kier alpha value is -4.38. The highest BCUT2D eigenvalue weighted by Crippen LogP contribution is 2.27. The summed E-state index contributed by atoms with van der Waals surface area (Å²) in [4.78, 5) is 27.0. The van der Waals surface area contributed by atoms with Crippen LogP contribution in [0.2, 0.25) is 0 Å². The van der Waals surface area contributed by atoms with E-state index in [9.17, 15) is 14.9 Å². The molecule has 0 aliphatic carbocycles. The first kappa shape index (κ1) is 22.8. The molecule has 0 unspecified atom stereocenters. The van der Waals surface area contributed by atoms with Gasteiger partial charge in [0.25, 0.3) is 11.6 Å². The molecule has 0 fully saturated rings. The zero-order valence-corrected chi connectivity index (χ0v) is 18.8. The van der Waals surface area contributed by atoms with Crippen LogP contribution in [0.25, 0.3) is 17.1 Å². The van der Waals surface area contributed by atoms with Gasteiger partial charge in [0.1, 0.15) is 0 Å². The number of para-hydroxylation sites is 1. The van der Waals surface area contributed by atoms with E-state index in [2.05, 4.69) is 25.7 Å². The normalized spacial score (nSPS) is 11.0. The lowest BCUT2D eigenvalue weighted by molar-refractivity contribution is -0.385. The van der Waals surface area contributed by atoms with Gasteiger partial charge in [0.15, 0.2) is 11.0 Å². The molecule has 1 N–H and O–H groups in total. The molecule has 0 bridgehead atoms. The number of nitrogens with one attached hydrogen (secondary N) is 1. The second-order valence-corrected chi connectivity index (χ2v) is 8.05. The third-order valence-electron chi connectivity index (χ3n) is 4.72. The second kappa shape index (κ2) is 10.5. The van der Waals surface area contributed by atoms with Gasteiger partial charge >= 0.3 is 0 Å². The number of hydrazone groups is 1. The maximum atomic E-state index is 12.3. The van der Waals surface area contributed by atoms with Gasteiger partial charge in [0, 0.05) is 29.7 Å². The Balaban J connectivity index is 1.50. The quantitative estimate of drug-likeness (QED) is 0.178. The smallest absolute Gasteiger partial charge is 0.272 e. The summed E-state index contributed by atoms with van der Waals surface area (Å²) in [7, 11) is 0. The molecule has 0 atom stereocenters. The molecule has 4 rings (SSSR count). The number of nitrogens with zero attached hydrogens (tertiary/aromatic N) is 6. The molecule has 0 saturated carbocycles. The van der Waals surface area contributed by atoms with E-state index in [0.717, 1.165) is 16.8 Å². The van der Waals surface area contributed by atoms with Crippen molar-refractivity contribution in [3.8, 4) is 17.1 Å². The first-order valence-corrected chi connectivity index (χ1v) is 11.1. The molecule has 2 heterocycles. The first-order chi connectivity index (χ1) is 16.5. The molecule has 1 amide bonds. The van der Waals surface area contributed by atoms with Crippen molar-refractivity contribution >= 4 is 29.6 Å². The molecule has 34 heavy (non-hydrogen) atoms. The van der Waals surface area contributed by atoms with Gasteiger partial charge in [0.05, 0.1) is 22.5 Å². The van der Waals surface area contributed by atoms with Crippen molar-refractivity contribution in [1.82, 2.24) is 25.2 Å². The zero-order chi connectivity index (χ0) is 23.9. The number of carbonyl (C=O) groups is 1. The Morgan fingerprint density at radius 2 is 1.85 bits per heavy atom. The number of rotatable bonds is 8. The lowest BCUT2D eigenvalue weighted by atomic mass is 10.2. The Bertz CT molecular complexity index is 1340. The molecule has 10 nitrogen and oxygen atoms in total.